The Hall–Kier alpha value is -2.28. The van der Waals surface area contributed by atoms with Crippen LogP contribution in [-0.4, -0.2) is 89.7 Å². The van der Waals surface area contributed by atoms with E-state index in [9.17, 15) is 28.8 Å². The average Bonchev–Trinajstić information content (AvgIpc) is 3.16. The molecule has 210 valence electrons. The number of thioether (sulfide) groups is 2. The fraction of sp³-hybridized carbons (Fsp3) is 0.750. The highest BCUT2D eigenvalue weighted by molar-refractivity contribution is 8.00. The highest BCUT2D eigenvalue weighted by atomic mass is 32.2. The van der Waals surface area contributed by atoms with E-state index in [0.29, 0.717) is 31.7 Å². The van der Waals surface area contributed by atoms with Gasteiger partial charge in [-0.25, -0.2) is 0 Å². The Morgan fingerprint density at radius 1 is 0.811 bits per heavy atom. The van der Waals surface area contributed by atoms with E-state index >= 15 is 0 Å². The van der Waals surface area contributed by atoms with Gasteiger partial charge in [0.2, 0.25) is 35.4 Å². The van der Waals surface area contributed by atoms with Crippen molar-refractivity contribution in [1.82, 2.24) is 26.2 Å². The lowest BCUT2D eigenvalue weighted by molar-refractivity contribution is -0.138. The number of nitrogens with one attached hydrogen (secondary N) is 4. The molecular weight excluding hydrogens is 518 g/mol. The summed E-state index contributed by atoms with van der Waals surface area (Å²) >= 11 is 3.02. The minimum Gasteiger partial charge on any atom is -0.347 e. The molecule has 0 aromatic rings. The number of unbranched alkanes of at least 4 members (excludes halogenated alkanes) is 5. The number of hydrogen-bond acceptors (Lipinski definition) is 8. The fourth-order valence-corrected chi connectivity index (χ4v) is 4.90. The Labute approximate surface area is 227 Å². The molecular formula is C24H41N5O6S2. The zero-order chi connectivity index (χ0) is 27.5. The van der Waals surface area contributed by atoms with Gasteiger partial charge in [0.1, 0.15) is 0 Å². The topological polar surface area (TPSA) is 154 Å². The van der Waals surface area contributed by atoms with Crippen LogP contribution in [0.25, 0.3) is 0 Å². The van der Waals surface area contributed by atoms with Crippen LogP contribution in [0.1, 0.15) is 64.7 Å². The van der Waals surface area contributed by atoms with Crippen molar-refractivity contribution in [2.45, 2.75) is 70.0 Å². The van der Waals surface area contributed by atoms with Crippen molar-refractivity contribution in [1.29, 1.82) is 0 Å². The molecule has 1 aliphatic rings. The van der Waals surface area contributed by atoms with Crippen molar-refractivity contribution in [3.63, 3.8) is 0 Å². The molecule has 0 saturated carbocycles. The first-order valence-electron chi connectivity index (χ1n) is 12.8. The van der Waals surface area contributed by atoms with E-state index in [1.807, 2.05) is 6.26 Å². The van der Waals surface area contributed by atoms with Gasteiger partial charge < -0.3 is 21.3 Å². The standard InChI is InChI=1S/C24H41N5O6S2/c1-3-4-5-9-12-37-17-28-22(33)16-27-21(32)15-26-20(31)14-25-19(30)10-7-6-8-11-29-23(34)13-18(36-2)24(29)35/h18H,3-17H2,1-2H3,(H,25,30)(H,26,31)(H,27,32)(H,28,33). The second kappa shape index (κ2) is 19.8. The van der Waals surface area contributed by atoms with Crippen LogP contribution < -0.4 is 21.3 Å². The molecule has 1 rings (SSSR count). The molecule has 1 atom stereocenters. The molecule has 1 fully saturated rings. The maximum atomic E-state index is 12.1. The van der Waals surface area contributed by atoms with Gasteiger partial charge in [-0.15, -0.1) is 11.8 Å². The molecule has 13 heteroatoms. The molecule has 0 aromatic carbocycles. The third-order valence-corrected chi connectivity index (χ3v) is 7.49. The van der Waals surface area contributed by atoms with E-state index in [1.54, 1.807) is 11.8 Å². The van der Waals surface area contributed by atoms with Gasteiger partial charge in [0.25, 0.3) is 0 Å². The van der Waals surface area contributed by atoms with Crippen molar-refractivity contribution in [3.05, 3.63) is 0 Å². The molecule has 4 N–H and O–H groups in total. The van der Waals surface area contributed by atoms with Crippen LogP contribution in [0.4, 0.5) is 0 Å². The summed E-state index contributed by atoms with van der Waals surface area (Å²) in [6.45, 7) is 1.80. The molecule has 6 amide bonds. The molecule has 1 saturated heterocycles. The van der Waals surface area contributed by atoms with Crippen LogP contribution >= 0.6 is 23.5 Å². The van der Waals surface area contributed by atoms with E-state index in [-0.39, 0.29) is 61.4 Å². The lowest BCUT2D eigenvalue weighted by Crippen LogP contribution is -2.44. The average molecular weight is 560 g/mol. The van der Waals surface area contributed by atoms with Gasteiger partial charge in [-0.2, -0.15) is 11.8 Å². The van der Waals surface area contributed by atoms with Crippen molar-refractivity contribution < 1.29 is 28.8 Å². The van der Waals surface area contributed by atoms with Gasteiger partial charge in [0.05, 0.1) is 30.8 Å². The summed E-state index contributed by atoms with van der Waals surface area (Å²) in [5.41, 5.74) is 0. The number of carbonyl (C=O) groups is 6. The maximum absolute atomic E-state index is 12.1. The second-order valence-electron chi connectivity index (χ2n) is 8.67. The first-order chi connectivity index (χ1) is 17.8. The quantitative estimate of drug-likeness (QED) is 0.0969. The van der Waals surface area contributed by atoms with Crippen LogP contribution in [0.3, 0.4) is 0 Å². The normalized spacial score (nSPS) is 15.0. The third-order valence-electron chi connectivity index (χ3n) is 5.62. The molecule has 0 bridgehead atoms. The number of hydrogen-bond donors (Lipinski definition) is 4. The third kappa shape index (κ3) is 14.9. The van der Waals surface area contributed by atoms with Gasteiger partial charge >= 0.3 is 0 Å². The summed E-state index contributed by atoms with van der Waals surface area (Å²) in [7, 11) is 0. The highest BCUT2D eigenvalue weighted by Gasteiger charge is 2.37. The van der Waals surface area contributed by atoms with Crippen molar-refractivity contribution in [2.24, 2.45) is 0 Å². The smallest absolute Gasteiger partial charge is 0.242 e. The first kappa shape index (κ1) is 32.7. The van der Waals surface area contributed by atoms with Gasteiger partial charge in [-0.3, -0.25) is 33.7 Å². The monoisotopic (exact) mass is 559 g/mol. The van der Waals surface area contributed by atoms with Crippen LogP contribution in [-0.2, 0) is 28.8 Å². The number of nitrogens with zero attached hydrogens (tertiary/aromatic N) is 1. The van der Waals surface area contributed by atoms with Gasteiger partial charge in [0.15, 0.2) is 0 Å². The zero-order valence-corrected chi connectivity index (χ0v) is 23.5. The Bertz CT molecular complexity index is 783. The lowest BCUT2D eigenvalue weighted by atomic mass is 10.2. The van der Waals surface area contributed by atoms with E-state index in [1.165, 1.54) is 35.9 Å². The molecule has 0 radical (unpaired) electrons. The van der Waals surface area contributed by atoms with Crippen molar-refractivity contribution in [3.8, 4) is 0 Å². The van der Waals surface area contributed by atoms with Gasteiger partial charge in [-0.1, -0.05) is 32.6 Å². The van der Waals surface area contributed by atoms with Crippen LogP contribution in [0, 0.1) is 0 Å². The predicted molar refractivity (Wildman–Crippen MR) is 146 cm³/mol. The molecule has 0 aliphatic carbocycles. The number of imide groups is 1. The van der Waals surface area contributed by atoms with Gasteiger partial charge in [-0.05, 0) is 31.3 Å². The maximum Gasteiger partial charge on any atom is 0.242 e. The number of amides is 6. The van der Waals surface area contributed by atoms with Gasteiger partial charge in [0, 0.05) is 19.4 Å². The molecule has 1 unspecified atom stereocenters. The Morgan fingerprint density at radius 2 is 1.41 bits per heavy atom. The van der Waals surface area contributed by atoms with E-state index in [0.717, 1.165) is 12.2 Å². The summed E-state index contributed by atoms with van der Waals surface area (Å²) in [6.07, 6.45) is 8.85. The van der Waals surface area contributed by atoms with Crippen LogP contribution in [0.15, 0.2) is 0 Å². The van der Waals surface area contributed by atoms with Crippen molar-refractivity contribution in [2.75, 3.05) is 44.1 Å². The lowest BCUT2D eigenvalue weighted by Gasteiger charge is -2.14. The summed E-state index contributed by atoms with van der Waals surface area (Å²) in [5.74, 6) is -0.410. The van der Waals surface area contributed by atoms with E-state index < -0.39 is 11.8 Å². The second-order valence-corrected chi connectivity index (χ2v) is 10.8. The molecule has 1 heterocycles. The Balaban J connectivity index is 2.01. The number of rotatable bonds is 20. The van der Waals surface area contributed by atoms with E-state index in [4.69, 9.17) is 0 Å². The molecule has 37 heavy (non-hydrogen) atoms. The molecule has 0 spiro atoms. The summed E-state index contributed by atoms with van der Waals surface area (Å²) in [6, 6.07) is 0. The molecule has 11 nitrogen and oxygen atoms in total. The number of likely N-dealkylation sites (tertiary alicyclic amines) is 1. The summed E-state index contributed by atoms with van der Waals surface area (Å²) in [5, 5.41) is 9.74. The van der Waals surface area contributed by atoms with E-state index in [2.05, 4.69) is 28.2 Å². The Kier molecular flexibility index (Phi) is 17.5. The highest BCUT2D eigenvalue weighted by Crippen LogP contribution is 2.23. The number of carbonyl (C=O) groups excluding carboxylic acids is 6. The predicted octanol–water partition coefficient (Wildman–Crippen LogP) is 0.773. The van der Waals surface area contributed by atoms with Crippen molar-refractivity contribution >= 4 is 59.0 Å². The fourth-order valence-electron chi connectivity index (χ4n) is 3.45. The Morgan fingerprint density at radius 3 is 2.00 bits per heavy atom. The SMILES string of the molecule is CCCCCCSCNC(=O)CNC(=O)CNC(=O)CNC(=O)CCCCCN1C(=O)CC(SC)C1=O. The van der Waals surface area contributed by atoms with Crippen LogP contribution in [0.5, 0.6) is 0 Å². The zero-order valence-electron chi connectivity index (χ0n) is 21.9. The molecule has 1 aliphatic heterocycles. The summed E-state index contributed by atoms with van der Waals surface area (Å²) < 4.78 is 0. The summed E-state index contributed by atoms with van der Waals surface area (Å²) in [4.78, 5) is 72.5. The minimum absolute atomic E-state index is 0.138. The largest absolute Gasteiger partial charge is 0.347 e. The first-order valence-corrected chi connectivity index (χ1v) is 15.2. The van der Waals surface area contributed by atoms with Crippen LogP contribution in [0.2, 0.25) is 0 Å². The molecule has 0 aromatic heterocycles. The minimum atomic E-state index is -0.512.